The van der Waals surface area contributed by atoms with Crippen LogP contribution in [0.2, 0.25) is 0 Å². The van der Waals surface area contributed by atoms with Crippen molar-refractivity contribution in [2.24, 2.45) is 4.99 Å². The molecule has 1 aliphatic carbocycles. The average molecular weight is 533 g/mol. The molecule has 160 valence electrons. The third-order valence-electron chi connectivity index (χ3n) is 5.58. The van der Waals surface area contributed by atoms with Gasteiger partial charge in [-0.05, 0) is 26.2 Å². The van der Waals surface area contributed by atoms with Crippen LogP contribution in [0, 0.1) is 0 Å². The van der Waals surface area contributed by atoms with E-state index in [1.165, 1.54) is 63.0 Å². The van der Waals surface area contributed by atoms with Gasteiger partial charge in [0.1, 0.15) is 9.84 Å². The van der Waals surface area contributed by atoms with Crippen molar-refractivity contribution in [3.8, 4) is 0 Å². The highest BCUT2D eigenvalue weighted by Gasteiger charge is 2.38. The van der Waals surface area contributed by atoms with E-state index in [9.17, 15) is 8.42 Å². The Morgan fingerprint density at radius 2 is 1.85 bits per heavy atom. The molecule has 0 radical (unpaired) electrons. The molecule has 0 aromatic heterocycles. The highest BCUT2D eigenvalue weighted by molar-refractivity contribution is 14.0. The standard InChI is InChI=1S/C18H36N4O2S2.HI/c1-16(7-14-26(3,23)24)21-17(19-2)20-15-18(8-5-4-6-9-18)22-10-12-25-13-11-22;/h16H,4-15H2,1-3H3,(H2,19,20,21);1H. The maximum Gasteiger partial charge on any atom is 0.191 e. The zero-order valence-electron chi connectivity index (χ0n) is 17.0. The summed E-state index contributed by atoms with van der Waals surface area (Å²) in [6.07, 6.45) is 8.35. The maximum atomic E-state index is 11.4. The summed E-state index contributed by atoms with van der Waals surface area (Å²) in [5, 5.41) is 6.90. The van der Waals surface area contributed by atoms with Gasteiger partial charge in [0.25, 0.3) is 0 Å². The van der Waals surface area contributed by atoms with E-state index < -0.39 is 9.84 Å². The van der Waals surface area contributed by atoms with Gasteiger partial charge in [0.05, 0.1) is 5.75 Å². The monoisotopic (exact) mass is 532 g/mol. The number of sulfone groups is 1. The topological polar surface area (TPSA) is 73.8 Å². The van der Waals surface area contributed by atoms with Crippen LogP contribution in [0.15, 0.2) is 4.99 Å². The number of halogens is 1. The minimum Gasteiger partial charge on any atom is -0.355 e. The Kier molecular flexibility index (Phi) is 11.3. The molecule has 2 rings (SSSR count). The molecule has 2 aliphatic rings. The predicted molar refractivity (Wildman–Crippen MR) is 128 cm³/mol. The largest absolute Gasteiger partial charge is 0.355 e. The molecule has 0 amide bonds. The molecular weight excluding hydrogens is 495 g/mol. The van der Waals surface area contributed by atoms with Crippen molar-refractivity contribution in [1.82, 2.24) is 15.5 Å². The van der Waals surface area contributed by atoms with Crippen molar-refractivity contribution < 1.29 is 8.42 Å². The summed E-state index contributed by atoms with van der Waals surface area (Å²) in [6, 6.07) is 0.0737. The van der Waals surface area contributed by atoms with E-state index in [-0.39, 0.29) is 41.3 Å². The SMILES string of the molecule is CN=C(NCC1(N2CCSCC2)CCCCC1)NC(C)CCS(C)(=O)=O.I. The van der Waals surface area contributed by atoms with Crippen molar-refractivity contribution in [3.63, 3.8) is 0 Å². The number of nitrogens with one attached hydrogen (secondary N) is 2. The van der Waals surface area contributed by atoms with Gasteiger partial charge in [-0.1, -0.05) is 19.3 Å². The molecule has 9 heteroatoms. The molecule has 1 aliphatic heterocycles. The summed E-state index contributed by atoms with van der Waals surface area (Å²) in [4.78, 5) is 7.06. The van der Waals surface area contributed by atoms with E-state index in [1.807, 2.05) is 6.92 Å². The van der Waals surface area contributed by atoms with E-state index in [0.717, 1.165) is 12.5 Å². The summed E-state index contributed by atoms with van der Waals surface area (Å²) in [6.45, 7) is 5.29. The first-order valence-electron chi connectivity index (χ1n) is 9.82. The van der Waals surface area contributed by atoms with E-state index in [4.69, 9.17) is 0 Å². The van der Waals surface area contributed by atoms with Gasteiger partial charge in [0.15, 0.2) is 5.96 Å². The fourth-order valence-corrected chi connectivity index (χ4v) is 5.68. The van der Waals surface area contributed by atoms with Crippen LogP contribution in [-0.4, -0.2) is 81.1 Å². The summed E-state index contributed by atoms with van der Waals surface area (Å²) in [7, 11) is -1.14. The quantitative estimate of drug-likeness (QED) is 0.298. The molecule has 0 bridgehead atoms. The average Bonchev–Trinajstić information content (AvgIpc) is 2.64. The summed E-state index contributed by atoms with van der Waals surface area (Å²) >= 11 is 2.06. The number of rotatable bonds is 7. The van der Waals surface area contributed by atoms with E-state index >= 15 is 0 Å². The van der Waals surface area contributed by atoms with E-state index in [2.05, 4.69) is 32.3 Å². The first-order valence-corrected chi connectivity index (χ1v) is 13.0. The highest BCUT2D eigenvalue weighted by atomic mass is 127. The number of hydrogen-bond acceptors (Lipinski definition) is 5. The molecule has 0 aromatic carbocycles. The molecule has 1 atom stereocenters. The Balaban J connectivity index is 0.00000364. The second kappa shape index (κ2) is 12.1. The number of hydrogen-bond donors (Lipinski definition) is 2. The molecule has 1 saturated heterocycles. The number of aliphatic imine (C=N–C) groups is 1. The molecule has 2 N–H and O–H groups in total. The summed E-state index contributed by atoms with van der Waals surface area (Å²) in [5.74, 6) is 3.45. The fraction of sp³-hybridized carbons (Fsp3) is 0.944. The highest BCUT2D eigenvalue weighted by Crippen LogP contribution is 2.34. The maximum absolute atomic E-state index is 11.4. The van der Waals surface area contributed by atoms with Gasteiger partial charge in [-0.15, -0.1) is 24.0 Å². The lowest BCUT2D eigenvalue weighted by Gasteiger charge is -2.48. The van der Waals surface area contributed by atoms with Crippen LogP contribution in [0.4, 0.5) is 0 Å². The molecule has 1 saturated carbocycles. The molecule has 6 nitrogen and oxygen atoms in total. The third kappa shape index (κ3) is 8.65. The van der Waals surface area contributed by atoms with Gasteiger partial charge in [-0.3, -0.25) is 9.89 Å². The minimum atomic E-state index is -2.92. The Bertz CT molecular complexity index is 560. The Labute approximate surface area is 187 Å². The van der Waals surface area contributed by atoms with Crippen molar-refractivity contribution in [2.75, 3.05) is 50.2 Å². The van der Waals surface area contributed by atoms with Crippen LogP contribution >= 0.6 is 35.7 Å². The summed E-state index contributed by atoms with van der Waals surface area (Å²) in [5.41, 5.74) is 0.243. The number of guanidine groups is 1. The molecule has 1 unspecified atom stereocenters. The molecule has 1 heterocycles. The van der Waals surface area contributed by atoms with Crippen molar-refractivity contribution in [3.05, 3.63) is 0 Å². The zero-order valence-corrected chi connectivity index (χ0v) is 21.0. The van der Waals surface area contributed by atoms with Crippen LogP contribution in [0.25, 0.3) is 0 Å². The van der Waals surface area contributed by atoms with Crippen molar-refractivity contribution >= 4 is 51.5 Å². The van der Waals surface area contributed by atoms with E-state index in [0.29, 0.717) is 6.42 Å². The lowest BCUT2D eigenvalue weighted by Crippen LogP contribution is -2.60. The lowest BCUT2D eigenvalue weighted by molar-refractivity contribution is 0.0625. The van der Waals surface area contributed by atoms with Crippen molar-refractivity contribution in [1.29, 1.82) is 0 Å². The van der Waals surface area contributed by atoms with Crippen LogP contribution < -0.4 is 10.6 Å². The Hall–Kier alpha value is 0.260. The smallest absolute Gasteiger partial charge is 0.191 e. The first-order chi connectivity index (χ1) is 12.3. The lowest BCUT2D eigenvalue weighted by atomic mass is 9.80. The number of thioether (sulfide) groups is 1. The minimum absolute atomic E-state index is 0. The normalized spacial score (nSPS) is 22.6. The van der Waals surface area contributed by atoms with Gasteiger partial charge in [-0.2, -0.15) is 11.8 Å². The second-order valence-corrected chi connectivity index (χ2v) is 11.3. The van der Waals surface area contributed by atoms with Crippen LogP contribution in [-0.2, 0) is 9.84 Å². The molecule has 0 spiro atoms. The van der Waals surface area contributed by atoms with Gasteiger partial charge < -0.3 is 10.6 Å². The van der Waals surface area contributed by atoms with Gasteiger partial charge in [0, 0.05) is 56.0 Å². The summed E-state index contributed by atoms with van der Waals surface area (Å²) < 4.78 is 22.7. The van der Waals surface area contributed by atoms with Gasteiger partial charge in [-0.25, -0.2) is 8.42 Å². The molecule has 2 fully saturated rings. The molecule has 27 heavy (non-hydrogen) atoms. The fourth-order valence-electron chi connectivity index (χ4n) is 3.99. The predicted octanol–water partition coefficient (Wildman–Crippen LogP) is 2.34. The van der Waals surface area contributed by atoms with E-state index in [1.54, 1.807) is 7.05 Å². The van der Waals surface area contributed by atoms with Crippen LogP contribution in [0.3, 0.4) is 0 Å². The zero-order chi connectivity index (χ0) is 19.0. The Morgan fingerprint density at radius 1 is 1.22 bits per heavy atom. The second-order valence-electron chi connectivity index (χ2n) is 7.77. The van der Waals surface area contributed by atoms with Crippen LogP contribution in [0.5, 0.6) is 0 Å². The molecule has 0 aromatic rings. The number of nitrogens with zero attached hydrogens (tertiary/aromatic N) is 2. The van der Waals surface area contributed by atoms with Crippen molar-refractivity contribution in [2.45, 2.75) is 57.0 Å². The van der Waals surface area contributed by atoms with Gasteiger partial charge >= 0.3 is 0 Å². The van der Waals surface area contributed by atoms with Crippen LogP contribution in [0.1, 0.15) is 45.4 Å². The van der Waals surface area contributed by atoms with Gasteiger partial charge in [0.2, 0.25) is 0 Å². The third-order valence-corrected chi connectivity index (χ3v) is 7.50. The molecular formula is C18H37IN4O2S2. The first kappa shape index (κ1) is 25.3. The Morgan fingerprint density at radius 3 is 2.41 bits per heavy atom.